The zero-order valence-electron chi connectivity index (χ0n) is 12.5. The second kappa shape index (κ2) is 8.18. The van der Waals surface area contributed by atoms with Crippen molar-refractivity contribution in [3.05, 3.63) is 46.8 Å². The van der Waals surface area contributed by atoms with Gasteiger partial charge >= 0.3 is 0 Å². The Morgan fingerprint density at radius 2 is 2.32 bits per heavy atom. The number of thioether (sulfide) groups is 1. The van der Waals surface area contributed by atoms with Gasteiger partial charge in [-0.2, -0.15) is 5.10 Å². The quantitative estimate of drug-likeness (QED) is 0.266. The normalized spacial score (nSPS) is 11.7. The van der Waals surface area contributed by atoms with Gasteiger partial charge in [0.05, 0.1) is 16.7 Å². The number of aliphatic imine (C=N–C) groups is 1. The molecule has 3 aromatic rings. The van der Waals surface area contributed by atoms with Crippen LogP contribution in [0, 0.1) is 5.82 Å². The van der Waals surface area contributed by atoms with Gasteiger partial charge in [-0.1, -0.05) is 11.8 Å². The molecule has 0 saturated heterocycles. The lowest BCUT2D eigenvalue weighted by molar-refractivity contribution is 0.234. The fraction of sp³-hybridized carbons (Fsp3) is 0.154. The van der Waals surface area contributed by atoms with E-state index in [4.69, 9.17) is 4.63 Å². The molecule has 0 aliphatic rings. The number of hydrogen-bond acceptors (Lipinski definition) is 8. The number of nitrogens with one attached hydrogen (secondary N) is 1. The summed E-state index contributed by atoms with van der Waals surface area (Å²) in [7, 11) is 0. The van der Waals surface area contributed by atoms with E-state index in [1.165, 1.54) is 36.3 Å². The Morgan fingerprint density at radius 3 is 3.04 bits per heavy atom. The van der Waals surface area contributed by atoms with Crippen LogP contribution in [0.25, 0.3) is 0 Å². The van der Waals surface area contributed by atoms with Crippen LogP contribution in [0.5, 0.6) is 0 Å². The fourth-order valence-corrected chi connectivity index (χ4v) is 3.01. The largest absolute Gasteiger partial charge is 0.290 e. The van der Waals surface area contributed by atoms with Crippen LogP contribution in [0.4, 0.5) is 10.1 Å². The van der Waals surface area contributed by atoms with Crippen molar-refractivity contribution >= 4 is 39.2 Å². The number of benzene rings is 1. The zero-order chi connectivity index (χ0) is 17.6. The molecule has 0 aliphatic carbocycles. The highest BCUT2D eigenvalue weighted by molar-refractivity contribution is 9.10. The van der Waals surface area contributed by atoms with Gasteiger partial charge in [-0.3, -0.25) is 15.4 Å². The van der Waals surface area contributed by atoms with Crippen LogP contribution >= 0.6 is 27.7 Å². The summed E-state index contributed by atoms with van der Waals surface area (Å²) in [4.78, 5) is 8.06. The molecule has 0 fully saturated rings. The summed E-state index contributed by atoms with van der Waals surface area (Å²) >= 11 is 4.44. The van der Waals surface area contributed by atoms with Crippen LogP contribution in [0.2, 0.25) is 0 Å². The maximum absolute atomic E-state index is 13.3. The summed E-state index contributed by atoms with van der Waals surface area (Å²) in [5.41, 5.74) is 2.62. The van der Waals surface area contributed by atoms with Crippen LogP contribution in [0.1, 0.15) is 5.69 Å². The van der Waals surface area contributed by atoms with E-state index in [1.807, 2.05) is 5.48 Å². The number of aromatic nitrogens is 5. The number of aryl methyl sites for hydroxylation is 1. The van der Waals surface area contributed by atoms with Gasteiger partial charge in [-0.25, -0.2) is 19.0 Å². The third-order valence-corrected chi connectivity index (χ3v) is 4.49. The van der Waals surface area contributed by atoms with E-state index in [9.17, 15) is 9.60 Å². The molecule has 0 atom stereocenters. The second-order valence-corrected chi connectivity index (χ2v) is 6.53. The molecule has 0 unspecified atom stereocenters. The highest BCUT2D eigenvalue weighted by Crippen LogP contribution is 2.24. The molecule has 0 amide bonds. The van der Waals surface area contributed by atoms with Gasteiger partial charge in [-0.05, 0) is 44.4 Å². The van der Waals surface area contributed by atoms with Crippen LogP contribution in [-0.2, 0) is 6.54 Å². The molecular weight excluding hydrogens is 417 g/mol. The van der Waals surface area contributed by atoms with Gasteiger partial charge in [0.2, 0.25) is 0 Å². The van der Waals surface area contributed by atoms with Crippen molar-refractivity contribution in [3.8, 4) is 0 Å². The molecule has 9 nitrogen and oxygen atoms in total. The predicted molar refractivity (Wildman–Crippen MR) is 90.3 cm³/mol. The van der Waals surface area contributed by atoms with E-state index in [0.29, 0.717) is 23.0 Å². The molecule has 2 aromatic heterocycles. The zero-order valence-corrected chi connectivity index (χ0v) is 14.9. The first-order valence-corrected chi connectivity index (χ1v) is 8.67. The smallest absolute Gasteiger partial charge is 0.186 e. The summed E-state index contributed by atoms with van der Waals surface area (Å²) in [6, 6.07) is 4.19. The van der Waals surface area contributed by atoms with Crippen LogP contribution in [-0.4, -0.2) is 41.9 Å². The summed E-state index contributed by atoms with van der Waals surface area (Å²) < 4.78 is 20.0. The maximum Gasteiger partial charge on any atom is 0.186 e. The van der Waals surface area contributed by atoms with Crippen molar-refractivity contribution in [1.82, 2.24) is 30.6 Å². The van der Waals surface area contributed by atoms with Gasteiger partial charge in [-0.15, -0.1) is 0 Å². The Hall–Kier alpha value is -2.31. The lowest BCUT2D eigenvalue weighted by Gasteiger charge is -2.04. The summed E-state index contributed by atoms with van der Waals surface area (Å²) in [6.45, 7) is 0.612. The minimum absolute atomic E-state index is 0.0306. The lowest BCUT2D eigenvalue weighted by atomic mass is 10.3. The van der Waals surface area contributed by atoms with Crippen LogP contribution in [0.3, 0.4) is 0 Å². The fourth-order valence-electron chi connectivity index (χ4n) is 1.82. The molecule has 130 valence electrons. The average Bonchev–Trinajstić information content (AvgIpc) is 3.28. The van der Waals surface area contributed by atoms with Gasteiger partial charge in [0.1, 0.15) is 18.5 Å². The number of nitrogens with zero attached hydrogens (tertiary/aromatic N) is 6. The molecule has 1 aromatic carbocycles. The SMILES string of the molecule is ONC(=Nc1ccc(F)c(Br)c1)c1nonc1SCCn1cncn1. The van der Waals surface area contributed by atoms with Crippen molar-refractivity contribution in [2.24, 2.45) is 4.99 Å². The van der Waals surface area contributed by atoms with Crippen molar-refractivity contribution in [2.75, 3.05) is 5.75 Å². The first-order chi connectivity index (χ1) is 12.2. The van der Waals surface area contributed by atoms with Gasteiger partial charge in [0.15, 0.2) is 16.6 Å². The Balaban J connectivity index is 1.75. The lowest BCUT2D eigenvalue weighted by Crippen LogP contribution is -2.21. The molecule has 2 heterocycles. The maximum atomic E-state index is 13.3. The summed E-state index contributed by atoms with van der Waals surface area (Å²) in [6.07, 6.45) is 3.06. The Bertz CT molecular complexity index is 871. The number of halogens is 2. The molecule has 3 rings (SSSR count). The number of rotatable bonds is 6. The van der Waals surface area contributed by atoms with Crippen molar-refractivity contribution < 1.29 is 14.2 Å². The van der Waals surface area contributed by atoms with Crippen molar-refractivity contribution in [1.29, 1.82) is 0 Å². The molecular formula is C13H11BrFN7O2S. The molecule has 0 bridgehead atoms. The highest BCUT2D eigenvalue weighted by atomic mass is 79.9. The number of hydrogen-bond donors (Lipinski definition) is 2. The first-order valence-electron chi connectivity index (χ1n) is 6.89. The number of hydroxylamine groups is 1. The molecule has 0 saturated carbocycles. The second-order valence-electron chi connectivity index (χ2n) is 4.60. The molecule has 0 spiro atoms. The van der Waals surface area contributed by atoms with E-state index in [2.05, 4.69) is 41.3 Å². The van der Waals surface area contributed by atoms with E-state index < -0.39 is 5.82 Å². The third-order valence-electron chi connectivity index (χ3n) is 2.96. The molecule has 12 heteroatoms. The summed E-state index contributed by atoms with van der Waals surface area (Å²) in [5, 5.41) is 21.4. The van der Waals surface area contributed by atoms with Crippen molar-refractivity contribution in [2.45, 2.75) is 11.6 Å². The molecule has 2 N–H and O–H groups in total. The highest BCUT2D eigenvalue weighted by Gasteiger charge is 2.17. The van der Waals surface area contributed by atoms with Crippen LogP contribution in [0.15, 0.2) is 50.0 Å². The van der Waals surface area contributed by atoms with E-state index in [0.717, 1.165) is 0 Å². The molecule has 0 radical (unpaired) electrons. The standard InChI is InChI=1S/C13H11BrFN7O2S/c14-9-5-8(1-2-10(9)15)18-12(19-23)11-13(21-24-20-11)25-4-3-22-7-16-6-17-22/h1-2,5-7,23H,3-4H2,(H,18,19). The molecule has 25 heavy (non-hydrogen) atoms. The third kappa shape index (κ3) is 4.41. The monoisotopic (exact) mass is 427 g/mol. The van der Waals surface area contributed by atoms with Gasteiger partial charge in [0, 0.05) is 5.75 Å². The number of amidine groups is 1. The minimum Gasteiger partial charge on any atom is -0.290 e. The van der Waals surface area contributed by atoms with E-state index >= 15 is 0 Å². The van der Waals surface area contributed by atoms with Gasteiger partial charge in [0.25, 0.3) is 0 Å². The van der Waals surface area contributed by atoms with E-state index in [-0.39, 0.29) is 16.0 Å². The molecule has 0 aliphatic heterocycles. The predicted octanol–water partition coefficient (Wildman–Crippen LogP) is 2.41. The van der Waals surface area contributed by atoms with Gasteiger partial charge < -0.3 is 0 Å². The first kappa shape index (κ1) is 17.5. The summed E-state index contributed by atoms with van der Waals surface area (Å²) in [5.74, 6) is 0.249. The Kier molecular flexibility index (Phi) is 5.73. The minimum atomic E-state index is -0.412. The van der Waals surface area contributed by atoms with Crippen molar-refractivity contribution in [3.63, 3.8) is 0 Å². The van der Waals surface area contributed by atoms with Crippen LogP contribution < -0.4 is 5.48 Å². The Morgan fingerprint density at radius 1 is 1.44 bits per heavy atom. The topological polar surface area (TPSA) is 114 Å². The Labute approximate surface area is 153 Å². The van der Waals surface area contributed by atoms with E-state index in [1.54, 1.807) is 11.0 Å². The average molecular weight is 428 g/mol.